The fourth-order valence-electron chi connectivity index (χ4n) is 3.51. The Morgan fingerprint density at radius 3 is 2.37 bits per heavy atom. The summed E-state index contributed by atoms with van der Waals surface area (Å²) >= 11 is 0. The normalized spacial score (nSPS) is 16.7. The second-order valence-electron chi connectivity index (χ2n) is 7.48. The predicted octanol–water partition coefficient (Wildman–Crippen LogP) is 3.97. The maximum Gasteiger partial charge on any atom is 0.260 e. The Kier molecular flexibility index (Phi) is 6.88. The van der Waals surface area contributed by atoms with Crippen LogP contribution in [0.2, 0.25) is 0 Å². The maximum absolute atomic E-state index is 12.3. The summed E-state index contributed by atoms with van der Waals surface area (Å²) in [5.41, 5.74) is 2.31. The molecule has 0 aliphatic carbocycles. The van der Waals surface area contributed by atoms with Crippen LogP contribution >= 0.6 is 0 Å². The van der Waals surface area contributed by atoms with Gasteiger partial charge in [-0.25, -0.2) is 0 Å². The number of carbonyl (C=O) groups excluding carboxylic acids is 1. The highest BCUT2D eigenvalue weighted by Crippen LogP contribution is 2.23. The molecule has 4 nitrogen and oxygen atoms in total. The number of piperidine rings is 1. The molecule has 2 aromatic rings. The van der Waals surface area contributed by atoms with E-state index in [4.69, 9.17) is 4.74 Å². The number of hydrogen-bond donors (Lipinski definition) is 1. The fraction of sp³-hybridized carbons (Fsp3) is 0.435. The van der Waals surface area contributed by atoms with Crippen molar-refractivity contribution in [3.63, 3.8) is 0 Å². The summed E-state index contributed by atoms with van der Waals surface area (Å²) in [5.74, 6) is 1.39. The number of carbonyl (C=O) groups is 1. The summed E-state index contributed by atoms with van der Waals surface area (Å²) in [6, 6.07) is 18.1. The van der Waals surface area contributed by atoms with Crippen LogP contribution in [0.1, 0.15) is 26.2 Å². The lowest BCUT2D eigenvalue weighted by atomic mass is 9.94. The SMILES string of the molecule is CC(Oc1ccc(-c2ccccc2)cc1)C(=O)NCCC1CCN(C)CC1. The lowest BCUT2D eigenvalue weighted by Gasteiger charge is -2.29. The molecule has 27 heavy (non-hydrogen) atoms. The van der Waals surface area contributed by atoms with Crippen molar-refractivity contribution >= 4 is 5.91 Å². The van der Waals surface area contributed by atoms with Crippen LogP contribution in [-0.4, -0.2) is 43.6 Å². The molecule has 0 bridgehead atoms. The molecule has 0 spiro atoms. The first-order valence-corrected chi connectivity index (χ1v) is 9.90. The van der Waals surface area contributed by atoms with E-state index in [1.54, 1.807) is 6.92 Å². The molecule has 1 aliphatic heterocycles. The lowest BCUT2D eigenvalue weighted by Crippen LogP contribution is -2.38. The zero-order chi connectivity index (χ0) is 19.1. The molecule has 1 heterocycles. The number of ether oxygens (including phenoxy) is 1. The minimum atomic E-state index is -0.495. The van der Waals surface area contributed by atoms with Crippen molar-refractivity contribution in [2.45, 2.75) is 32.3 Å². The van der Waals surface area contributed by atoms with Gasteiger partial charge in [0.15, 0.2) is 6.10 Å². The molecular formula is C23H30N2O2. The largest absolute Gasteiger partial charge is 0.481 e. The van der Waals surface area contributed by atoms with Crippen LogP contribution < -0.4 is 10.1 Å². The van der Waals surface area contributed by atoms with Crippen LogP contribution in [0.15, 0.2) is 54.6 Å². The smallest absolute Gasteiger partial charge is 0.260 e. The number of benzene rings is 2. The molecule has 0 radical (unpaired) electrons. The van der Waals surface area contributed by atoms with E-state index in [1.165, 1.54) is 18.4 Å². The van der Waals surface area contributed by atoms with E-state index in [0.717, 1.165) is 37.5 Å². The van der Waals surface area contributed by atoms with Gasteiger partial charge in [-0.3, -0.25) is 4.79 Å². The van der Waals surface area contributed by atoms with Gasteiger partial charge in [0, 0.05) is 6.54 Å². The van der Waals surface area contributed by atoms with Gasteiger partial charge < -0.3 is 15.0 Å². The Labute approximate surface area is 162 Å². The van der Waals surface area contributed by atoms with E-state index in [0.29, 0.717) is 5.75 Å². The number of nitrogens with one attached hydrogen (secondary N) is 1. The fourth-order valence-corrected chi connectivity index (χ4v) is 3.51. The Hall–Kier alpha value is -2.33. The van der Waals surface area contributed by atoms with Gasteiger partial charge in [0.25, 0.3) is 5.91 Å². The molecule has 4 heteroatoms. The van der Waals surface area contributed by atoms with E-state index in [2.05, 4.69) is 29.4 Å². The van der Waals surface area contributed by atoms with Crippen LogP contribution in [0.5, 0.6) is 5.75 Å². The highest BCUT2D eigenvalue weighted by molar-refractivity contribution is 5.80. The number of rotatable bonds is 7. The summed E-state index contributed by atoms with van der Waals surface area (Å²) in [4.78, 5) is 14.7. The van der Waals surface area contributed by atoms with Crippen LogP contribution in [0, 0.1) is 5.92 Å². The van der Waals surface area contributed by atoms with E-state index >= 15 is 0 Å². The first-order chi connectivity index (χ1) is 13.1. The van der Waals surface area contributed by atoms with Gasteiger partial charge in [-0.2, -0.15) is 0 Å². The first kappa shape index (κ1) is 19.4. The molecular weight excluding hydrogens is 336 g/mol. The Morgan fingerprint density at radius 1 is 1.07 bits per heavy atom. The zero-order valence-corrected chi connectivity index (χ0v) is 16.4. The minimum Gasteiger partial charge on any atom is -0.481 e. The summed E-state index contributed by atoms with van der Waals surface area (Å²) < 4.78 is 5.80. The predicted molar refractivity (Wildman–Crippen MR) is 110 cm³/mol. The number of likely N-dealkylation sites (tertiary alicyclic amines) is 1. The molecule has 144 valence electrons. The van der Waals surface area contributed by atoms with Crippen molar-refractivity contribution in [1.82, 2.24) is 10.2 Å². The number of hydrogen-bond acceptors (Lipinski definition) is 3. The zero-order valence-electron chi connectivity index (χ0n) is 16.4. The Morgan fingerprint density at radius 2 is 1.70 bits per heavy atom. The van der Waals surface area contributed by atoms with Gasteiger partial charge in [0.1, 0.15) is 5.75 Å². The van der Waals surface area contributed by atoms with Gasteiger partial charge in [0.05, 0.1) is 0 Å². The van der Waals surface area contributed by atoms with E-state index in [-0.39, 0.29) is 5.91 Å². The van der Waals surface area contributed by atoms with Gasteiger partial charge in [0.2, 0.25) is 0 Å². The van der Waals surface area contributed by atoms with Crippen molar-refractivity contribution in [3.8, 4) is 16.9 Å². The van der Waals surface area contributed by atoms with Gasteiger partial charge in [-0.15, -0.1) is 0 Å². The van der Waals surface area contributed by atoms with E-state index in [9.17, 15) is 4.79 Å². The minimum absolute atomic E-state index is 0.0462. The third kappa shape index (κ3) is 5.83. The summed E-state index contributed by atoms with van der Waals surface area (Å²) in [6.07, 6.45) is 3.02. The third-order valence-corrected chi connectivity index (χ3v) is 5.33. The summed E-state index contributed by atoms with van der Waals surface area (Å²) in [5, 5.41) is 3.02. The molecule has 1 unspecified atom stereocenters. The van der Waals surface area contributed by atoms with Gasteiger partial charge in [-0.1, -0.05) is 42.5 Å². The van der Waals surface area contributed by atoms with Crippen LogP contribution in [0.4, 0.5) is 0 Å². The van der Waals surface area contributed by atoms with Crippen molar-refractivity contribution in [2.24, 2.45) is 5.92 Å². The highest BCUT2D eigenvalue weighted by Gasteiger charge is 2.18. The van der Waals surface area contributed by atoms with Crippen LogP contribution in [-0.2, 0) is 4.79 Å². The van der Waals surface area contributed by atoms with Gasteiger partial charge in [-0.05, 0) is 75.5 Å². The van der Waals surface area contributed by atoms with Crippen molar-refractivity contribution < 1.29 is 9.53 Å². The second-order valence-corrected chi connectivity index (χ2v) is 7.48. The molecule has 1 amide bonds. The Bertz CT molecular complexity index is 707. The third-order valence-electron chi connectivity index (χ3n) is 5.33. The molecule has 1 fully saturated rings. The number of nitrogens with zero attached hydrogens (tertiary/aromatic N) is 1. The van der Waals surface area contributed by atoms with E-state index in [1.807, 2.05) is 42.5 Å². The highest BCUT2D eigenvalue weighted by atomic mass is 16.5. The molecule has 3 rings (SSSR count). The van der Waals surface area contributed by atoms with Crippen LogP contribution in [0.25, 0.3) is 11.1 Å². The summed E-state index contributed by atoms with van der Waals surface area (Å²) in [6.45, 7) is 4.86. The Balaban J connectivity index is 1.42. The topological polar surface area (TPSA) is 41.6 Å². The van der Waals surface area contributed by atoms with Crippen LogP contribution in [0.3, 0.4) is 0 Å². The lowest BCUT2D eigenvalue weighted by molar-refractivity contribution is -0.127. The quantitative estimate of drug-likeness (QED) is 0.806. The maximum atomic E-state index is 12.3. The first-order valence-electron chi connectivity index (χ1n) is 9.90. The average Bonchev–Trinajstić information content (AvgIpc) is 2.70. The molecule has 1 saturated heterocycles. The molecule has 0 saturated carbocycles. The molecule has 2 aromatic carbocycles. The molecule has 1 N–H and O–H groups in total. The summed E-state index contributed by atoms with van der Waals surface area (Å²) in [7, 11) is 2.17. The van der Waals surface area contributed by atoms with Gasteiger partial charge >= 0.3 is 0 Å². The van der Waals surface area contributed by atoms with Crippen molar-refractivity contribution in [1.29, 1.82) is 0 Å². The molecule has 1 aliphatic rings. The monoisotopic (exact) mass is 366 g/mol. The number of amides is 1. The van der Waals surface area contributed by atoms with E-state index < -0.39 is 6.10 Å². The van der Waals surface area contributed by atoms with Crippen molar-refractivity contribution in [3.05, 3.63) is 54.6 Å². The second kappa shape index (κ2) is 9.56. The molecule has 1 atom stereocenters. The van der Waals surface area contributed by atoms with Crippen molar-refractivity contribution in [2.75, 3.05) is 26.7 Å². The average molecular weight is 367 g/mol. The molecule has 0 aromatic heterocycles. The standard InChI is InChI=1S/C23H30N2O2/c1-18(23(26)24-15-12-19-13-16-25(2)17-14-19)27-22-10-8-21(9-11-22)20-6-4-3-5-7-20/h3-11,18-19H,12-17H2,1-2H3,(H,24,26).